The molecule has 2 aromatic heterocycles. The largest absolute Gasteiger partial charge is 0.369 e. The topological polar surface area (TPSA) is 89.2 Å². The average molecular weight is 373 g/mol. The highest BCUT2D eigenvalue weighted by Gasteiger charge is 2.16. The normalized spacial score (nSPS) is 10.5. The first-order chi connectivity index (χ1) is 12.1. The molecule has 0 aliphatic carbocycles. The summed E-state index contributed by atoms with van der Waals surface area (Å²) in [7, 11) is 4.02. The molecule has 0 aliphatic heterocycles. The van der Waals surface area contributed by atoms with E-state index in [2.05, 4.69) is 26.4 Å². The molecule has 0 bridgehead atoms. The van der Waals surface area contributed by atoms with Gasteiger partial charge in [0.25, 0.3) is 5.56 Å². The number of hydrogen-bond donors (Lipinski definition) is 2. The Bertz CT molecular complexity index is 971. The lowest BCUT2D eigenvalue weighted by atomic mass is 10.1. The van der Waals surface area contributed by atoms with Crippen LogP contribution in [0.2, 0.25) is 0 Å². The smallest absolute Gasteiger partial charge is 0.280 e. The van der Waals surface area contributed by atoms with E-state index in [1.54, 1.807) is 0 Å². The molecule has 2 N–H and O–H groups in total. The molecule has 0 amide bonds. The first kappa shape index (κ1) is 19.5. The Hall–Kier alpha value is -2.82. The standard InChI is InChI=1S/C18H20N6O.ClH/c1-23(2)10-6-9-20-16-14(11-19)17-21-12-15(18(25)24(17)22-16)13-7-4-3-5-8-13;/h3-5,7-8,12,20,22H,6,9-10H2,1-2H3;1H. The quantitative estimate of drug-likeness (QED) is 0.648. The molecular formula is C18H21ClN6O. The summed E-state index contributed by atoms with van der Waals surface area (Å²) in [6.07, 6.45) is 2.45. The number of H-pyrrole nitrogens is 1. The number of nitrogens with zero attached hydrogens (tertiary/aromatic N) is 4. The monoisotopic (exact) mass is 372 g/mol. The van der Waals surface area contributed by atoms with E-state index >= 15 is 0 Å². The van der Waals surface area contributed by atoms with Crippen molar-refractivity contribution in [1.29, 1.82) is 5.26 Å². The van der Waals surface area contributed by atoms with Crippen LogP contribution in [0, 0.1) is 11.3 Å². The molecule has 0 atom stereocenters. The Morgan fingerprint density at radius 2 is 2.04 bits per heavy atom. The van der Waals surface area contributed by atoms with E-state index in [9.17, 15) is 10.1 Å². The number of aromatic amines is 1. The second-order valence-electron chi connectivity index (χ2n) is 6.06. The van der Waals surface area contributed by atoms with Gasteiger partial charge in [0.1, 0.15) is 17.5 Å². The summed E-state index contributed by atoms with van der Waals surface area (Å²) in [6.45, 7) is 1.63. The highest BCUT2D eigenvalue weighted by molar-refractivity contribution is 5.85. The fourth-order valence-electron chi connectivity index (χ4n) is 2.67. The number of rotatable bonds is 6. The maximum absolute atomic E-state index is 12.8. The molecule has 3 aromatic rings. The highest BCUT2D eigenvalue weighted by atomic mass is 35.5. The first-order valence-electron chi connectivity index (χ1n) is 8.09. The lowest BCUT2D eigenvalue weighted by Gasteiger charge is -2.09. The Balaban J connectivity index is 0.00000243. The molecule has 2 heterocycles. The SMILES string of the molecule is CN(C)CCCNc1[nH]n2c(=O)c(-c3ccccc3)cnc2c1C#N.Cl. The minimum atomic E-state index is -0.228. The van der Waals surface area contributed by atoms with E-state index in [1.807, 2.05) is 44.4 Å². The Morgan fingerprint density at radius 3 is 2.69 bits per heavy atom. The minimum absolute atomic E-state index is 0. The van der Waals surface area contributed by atoms with Gasteiger partial charge in [0, 0.05) is 12.7 Å². The molecule has 0 saturated carbocycles. The van der Waals surface area contributed by atoms with Crippen LogP contribution >= 0.6 is 12.4 Å². The van der Waals surface area contributed by atoms with Crippen molar-refractivity contribution in [2.24, 2.45) is 0 Å². The summed E-state index contributed by atoms with van der Waals surface area (Å²) < 4.78 is 1.33. The third kappa shape index (κ3) is 3.87. The Morgan fingerprint density at radius 1 is 1.31 bits per heavy atom. The second-order valence-corrected chi connectivity index (χ2v) is 6.06. The van der Waals surface area contributed by atoms with Crippen molar-refractivity contribution in [2.75, 3.05) is 32.5 Å². The zero-order chi connectivity index (χ0) is 17.8. The Labute approximate surface area is 157 Å². The third-order valence-corrected chi connectivity index (χ3v) is 3.94. The molecule has 0 saturated heterocycles. The molecule has 0 radical (unpaired) electrons. The van der Waals surface area contributed by atoms with E-state index in [4.69, 9.17) is 0 Å². The number of nitriles is 1. The number of aromatic nitrogens is 3. The fraction of sp³-hybridized carbons (Fsp3) is 0.278. The van der Waals surface area contributed by atoms with Crippen molar-refractivity contribution < 1.29 is 0 Å². The molecule has 0 spiro atoms. The zero-order valence-corrected chi connectivity index (χ0v) is 15.5. The average Bonchev–Trinajstić information content (AvgIpc) is 2.98. The summed E-state index contributed by atoms with van der Waals surface area (Å²) in [5.74, 6) is 0.524. The van der Waals surface area contributed by atoms with Gasteiger partial charge in [-0.25, -0.2) is 4.98 Å². The number of hydrogen-bond acceptors (Lipinski definition) is 5. The van der Waals surface area contributed by atoms with Crippen molar-refractivity contribution in [3.05, 3.63) is 52.4 Å². The number of halogens is 1. The lowest BCUT2D eigenvalue weighted by Crippen LogP contribution is -2.18. The van der Waals surface area contributed by atoms with Gasteiger partial charge in [-0.2, -0.15) is 9.78 Å². The summed E-state index contributed by atoms with van der Waals surface area (Å²) in [5.41, 5.74) is 1.74. The van der Waals surface area contributed by atoms with E-state index in [-0.39, 0.29) is 18.0 Å². The molecule has 7 nitrogen and oxygen atoms in total. The summed E-state index contributed by atoms with van der Waals surface area (Å²) in [6, 6.07) is 11.5. The van der Waals surface area contributed by atoms with Gasteiger partial charge in [0.15, 0.2) is 5.65 Å². The van der Waals surface area contributed by atoms with Gasteiger partial charge in [-0.15, -0.1) is 12.4 Å². The van der Waals surface area contributed by atoms with Crippen LogP contribution in [0.25, 0.3) is 16.8 Å². The maximum Gasteiger partial charge on any atom is 0.280 e. The summed E-state index contributed by atoms with van der Waals surface area (Å²) >= 11 is 0. The number of fused-ring (bicyclic) bond motifs is 1. The van der Waals surface area contributed by atoms with Crippen LogP contribution in [0.4, 0.5) is 5.82 Å². The van der Waals surface area contributed by atoms with Crippen LogP contribution in [0.5, 0.6) is 0 Å². The third-order valence-electron chi connectivity index (χ3n) is 3.94. The van der Waals surface area contributed by atoms with Gasteiger partial charge >= 0.3 is 0 Å². The molecule has 0 aliphatic rings. The molecule has 0 unspecified atom stereocenters. The summed E-state index contributed by atoms with van der Waals surface area (Å²) in [5, 5.41) is 15.6. The van der Waals surface area contributed by atoms with Gasteiger partial charge < -0.3 is 10.2 Å². The number of anilines is 1. The number of benzene rings is 1. The van der Waals surface area contributed by atoms with Crippen molar-refractivity contribution in [1.82, 2.24) is 19.5 Å². The van der Waals surface area contributed by atoms with Crippen LogP contribution in [0.3, 0.4) is 0 Å². The van der Waals surface area contributed by atoms with Crippen LogP contribution in [0.15, 0.2) is 41.3 Å². The van der Waals surface area contributed by atoms with Gasteiger partial charge in [-0.1, -0.05) is 30.3 Å². The first-order valence-corrected chi connectivity index (χ1v) is 8.09. The highest BCUT2D eigenvalue weighted by Crippen LogP contribution is 2.19. The van der Waals surface area contributed by atoms with Gasteiger partial charge in [-0.3, -0.25) is 9.89 Å². The molecule has 1 aromatic carbocycles. The minimum Gasteiger partial charge on any atom is -0.369 e. The van der Waals surface area contributed by atoms with Crippen LogP contribution in [0.1, 0.15) is 12.0 Å². The van der Waals surface area contributed by atoms with Gasteiger partial charge in [-0.05, 0) is 32.6 Å². The fourth-order valence-corrected chi connectivity index (χ4v) is 2.67. The van der Waals surface area contributed by atoms with Crippen molar-refractivity contribution >= 4 is 23.9 Å². The van der Waals surface area contributed by atoms with Gasteiger partial charge in [0.05, 0.1) is 5.56 Å². The van der Waals surface area contributed by atoms with E-state index in [0.29, 0.717) is 29.1 Å². The molecule has 8 heteroatoms. The lowest BCUT2D eigenvalue weighted by molar-refractivity contribution is 0.405. The molecule has 26 heavy (non-hydrogen) atoms. The predicted octanol–water partition coefficient (Wildman–Crippen LogP) is 2.35. The van der Waals surface area contributed by atoms with Crippen molar-refractivity contribution in [3.63, 3.8) is 0 Å². The molecule has 0 fully saturated rings. The maximum atomic E-state index is 12.8. The van der Waals surface area contributed by atoms with E-state index in [0.717, 1.165) is 18.5 Å². The molecular weight excluding hydrogens is 352 g/mol. The van der Waals surface area contributed by atoms with E-state index < -0.39 is 0 Å². The molecule has 3 rings (SSSR count). The number of nitrogens with one attached hydrogen (secondary N) is 2. The zero-order valence-electron chi connectivity index (χ0n) is 14.7. The second kappa shape index (κ2) is 8.52. The van der Waals surface area contributed by atoms with Crippen LogP contribution < -0.4 is 10.9 Å². The van der Waals surface area contributed by atoms with Crippen molar-refractivity contribution in [3.8, 4) is 17.2 Å². The Kier molecular flexibility index (Phi) is 6.39. The van der Waals surface area contributed by atoms with E-state index in [1.165, 1.54) is 10.7 Å². The van der Waals surface area contributed by atoms with Crippen molar-refractivity contribution in [2.45, 2.75) is 6.42 Å². The van der Waals surface area contributed by atoms with Crippen LogP contribution in [-0.2, 0) is 0 Å². The van der Waals surface area contributed by atoms with Crippen LogP contribution in [-0.4, -0.2) is 46.7 Å². The summed E-state index contributed by atoms with van der Waals surface area (Å²) in [4.78, 5) is 19.2. The molecule has 136 valence electrons. The predicted molar refractivity (Wildman–Crippen MR) is 105 cm³/mol. The van der Waals surface area contributed by atoms with Gasteiger partial charge in [0.2, 0.25) is 0 Å².